The maximum Gasteiger partial charge on any atom is 1.00 e. The monoisotopic (exact) mass is 252 g/mol. The van der Waals surface area contributed by atoms with E-state index in [1.807, 2.05) is 0 Å². The van der Waals surface area contributed by atoms with Crippen molar-refractivity contribution < 1.29 is 58.2 Å². The van der Waals surface area contributed by atoms with Gasteiger partial charge in [-0.05, 0) is 0 Å². The molecule has 62 valence electrons. The van der Waals surface area contributed by atoms with Crippen molar-refractivity contribution in [2.24, 2.45) is 0 Å². The molecular weight excluding hydrogens is 238 g/mol. The molecule has 0 nitrogen and oxygen atoms in total. The van der Waals surface area contributed by atoms with Crippen molar-refractivity contribution in [3.63, 3.8) is 0 Å². The van der Waals surface area contributed by atoms with Gasteiger partial charge in [-0.25, -0.2) is 0 Å². The molecule has 0 atom stereocenters. The van der Waals surface area contributed by atoms with Gasteiger partial charge in [-0.1, -0.05) is 40.0 Å². The fourth-order valence-electron chi connectivity index (χ4n) is 1.61. The van der Waals surface area contributed by atoms with Crippen LogP contribution in [0.15, 0.2) is 0 Å². The molecule has 2 heteroatoms. The van der Waals surface area contributed by atoms with E-state index in [-0.39, 0.29) is 63.6 Å². The Morgan fingerprint density at radius 1 is 1.17 bits per heavy atom. The molecular formula is C10H15RbS. The summed E-state index contributed by atoms with van der Waals surface area (Å²) in [4.78, 5) is 1.41. The first-order valence-electron chi connectivity index (χ1n) is 3.91. The summed E-state index contributed by atoms with van der Waals surface area (Å²) in [7, 11) is 0. The zero-order valence-corrected chi connectivity index (χ0v) is 14.6. The zero-order valence-electron chi connectivity index (χ0n) is 8.91. The van der Waals surface area contributed by atoms with Gasteiger partial charge in [-0.2, -0.15) is 11.1 Å². The maximum atomic E-state index is 3.29. The first kappa shape index (κ1) is 13.5. The molecule has 1 rings (SSSR count). The van der Waals surface area contributed by atoms with E-state index in [4.69, 9.17) is 0 Å². The van der Waals surface area contributed by atoms with Crippen molar-refractivity contribution in [2.75, 3.05) is 0 Å². The molecule has 1 aromatic rings. The van der Waals surface area contributed by atoms with Crippen LogP contribution in [0.1, 0.15) is 36.8 Å². The molecule has 0 aliphatic carbocycles. The minimum absolute atomic E-state index is 0. The Morgan fingerprint density at radius 3 is 1.83 bits per heavy atom. The van der Waals surface area contributed by atoms with Crippen molar-refractivity contribution in [3.8, 4) is 0 Å². The van der Waals surface area contributed by atoms with Crippen LogP contribution in [0.4, 0.5) is 0 Å². The average molecular weight is 253 g/mol. The summed E-state index contributed by atoms with van der Waals surface area (Å²) in [5.41, 5.74) is 3.08. The topological polar surface area (TPSA) is 0 Å². The molecule has 0 spiro atoms. The van der Waals surface area contributed by atoms with Gasteiger partial charge in [0.15, 0.2) is 0 Å². The van der Waals surface area contributed by atoms with Crippen molar-refractivity contribution in [3.05, 3.63) is 21.4 Å². The van der Waals surface area contributed by atoms with E-state index in [1.54, 1.807) is 11.3 Å². The summed E-state index contributed by atoms with van der Waals surface area (Å²) in [6.07, 6.45) is 0. The Kier molecular flexibility index (Phi) is 5.44. The fraction of sp³-hybridized carbons (Fsp3) is 0.600. The van der Waals surface area contributed by atoms with Crippen LogP contribution in [0.2, 0.25) is 0 Å². The van der Waals surface area contributed by atoms with Gasteiger partial charge in [0, 0.05) is 0 Å². The standard InChI is InChI=1S/C10H15S.Rb/c1-7-6-11-8(2)9(7)10(3,4)5;/h1-5H3;/q-1;+1. The first-order valence-corrected chi connectivity index (χ1v) is 4.72. The number of thiophene rings is 1. The smallest absolute Gasteiger partial charge is 0.300 e. The Morgan fingerprint density at radius 2 is 1.67 bits per heavy atom. The van der Waals surface area contributed by atoms with E-state index in [9.17, 15) is 0 Å². The third-order valence-corrected chi connectivity index (χ3v) is 2.75. The van der Waals surface area contributed by atoms with Crippen LogP contribution >= 0.6 is 11.3 Å². The number of aryl methyl sites for hydroxylation is 2. The van der Waals surface area contributed by atoms with E-state index in [1.165, 1.54) is 16.0 Å². The Bertz CT molecular complexity index is 236. The molecule has 0 unspecified atom stereocenters. The van der Waals surface area contributed by atoms with Gasteiger partial charge >= 0.3 is 58.2 Å². The molecule has 0 aliphatic rings. The summed E-state index contributed by atoms with van der Waals surface area (Å²) in [6.45, 7) is 11.1. The van der Waals surface area contributed by atoms with E-state index in [2.05, 4.69) is 40.0 Å². The normalized spacial score (nSPS) is 11.1. The third kappa shape index (κ3) is 3.02. The van der Waals surface area contributed by atoms with Gasteiger partial charge in [0.05, 0.1) is 0 Å². The minimum atomic E-state index is 0. The summed E-state index contributed by atoms with van der Waals surface area (Å²) >= 11 is 1.73. The second-order valence-electron chi connectivity index (χ2n) is 4.01. The molecule has 0 saturated heterocycles. The Balaban J connectivity index is 0.00000121. The average Bonchev–Trinajstić information content (AvgIpc) is 2.08. The molecule has 0 radical (unpaired) electrons. The number of rotatable bonds is 0. The molecule has 1 aromatic heterocycles. The SMILES string of the molecule is Cc1[c-]sc(C)c1C(C)(C)C.[Rb+]. The van der Waals surface area contributed by atoms with Crippen molar-refractivity contribution in [2.45, 2.75) is 40.0 Å². The van der Waals surface area contributed by atoms with Crippen molar-refractivity contribution >= 4 is 11.3 Å². The largest absolute Gasteiger partial charge is 1.00 e. The zero-order chi connectivity index (χ0) is 8.65. The third-order valence-electron chi connectivity index (χ3n) is 1.83. The molecule has 12 heavy (non-hydrogen) atoms. The van der Waals surface area contributed by atoms with Crippen LogP contribution in [0.5, 0.6) is 0 Å². The Labute approximate surface area is 129 Å². The van der Waals surface area contributed by atoms with E-state index < -0.39 is 0 Å². The van der Waals surface area contributed by atoms with Crippen LogP contribution in [0, 0.1) is 19.2 Å². The summed E-state index contributed by atoms with van der Waals surface area (Å²) in [5, 5.41) is 3.29. The van der Waals surface area contributed by atoms with Crippen LogP contribution < -0.4 is 58.2 Å². The maximum absolute atomic E-state index is 3.29. The van der Waals surface area contributed by atoms with Gasteiger partial charge in [0.1, 0.15) is 0 Å². The van der Waals surface area contributed by atoms with Gasteiger partial charge in [0.2, 0.25) is 0 Å². The van der Waals surface area contributed by atoms with Gasteiger partial charge in [-0.15, -0.1) is 10.3 Å². The molecule has 0 N–H and O–H groups in total. The number of hydrogen-bond acceptors (Lipinski definition) is 1. The van der Waals surface area contributed by atoms with E-state index in [0.29, 0.717) is 0 Å². The number of hydrogen-bond donors (Lipinski definition) is 0. The summed E-state index contributed by atoms with van der Waals surface area (Å²) < 4.78 is 0. The summed E-state index contributed by atoms with van der Waals surface area (Å²) in [5.74, 6) is 0. The second kappa shape index (κ2) is 4.83. The predicted molar refractivity (Wildman–Crippen MR) is 51.3 cm³/mol. The molecule has 0 fully saturated rings. The molecule has 1 heterocycles. The van der Waals surface area contributed by atoms with Crippen molar-refractivity contribution in [1.82, 2.24) is 0 Å². The van der Waals surface area contributed by atoms with Crippen LogP contribution in [0.25, 0.3) is 0 Å². The van der Waals surface area contributed by atoms with Gasteiger partial charge < -0.3 is 11.3 Å². The van der Waals surface area contributed by atoms with Crippen molar-refractivity contribution in [1.29, 1.82) is 0 Å². The van der Waals surface area contributed by atoms with E-state index >= 15 is 0 Å². The van der Waals surface area contributed by atoms with Crippen LogP contribution in [0.3, 0.4) is 0 Å². The minimum Gasteiger partial charge on any atom is -0.300 e. The molecule has 0 saturated carbocycles. The van der Waals surface area contributed by atoms with Crippen LogP contribution in [-0.4, -0.2) is 0 Å². The molecule has 0 aliphatic heterocycles. The van der Waals surface area contributed by atoms with Gasteiger partial charge in [-0.3, -0.25) is 0 Å². The quantitative estimate of drug-likeness (QED) is 0.589. The second-order valence-corrected chi connectivity index (χ2v) is 5.03. The fourth-order valence-corrected chi connectivity index (χ4v) is 2.58. The van der Waals surface area contributed by atoms with Crippen LogP contribution in [-0.2, 0) is 5.41 Å². The summed E-state index contributed by atoms with van der Waals surface area (Å²) in [6, 6.07) is 0. The molecule has 0 amide bonds. The predicted octanol–water partition coefficient (Wildman–Crippen LogP) is 0.467. The van der Waals surface area contributed by atoms with E-state index in [0.717, 1.165) is 0 Å². The first-order chi connectivity index (χ1) is 4.93. The molecule has 0 bridgehead atoms. The van der Waals surface area contributed by atoms with Gasteiger partial charge in [0.25, 0.3) is 0 Å². The molecule has 0 aromatic carbocycles. The Hall–Kier alpha value is 1.51.